The predicted molar refractivity (Wildman–Crippen MR) is 124 cm³/mol. The third-order valence-electron chi connectivity index (χ3n) is 4.91. The molecule has 1 aliphatic rings. The Kier molecular flexibility index (Phi) is 10.6. The molecule has 1 saturated heterocycles. The minimum atomic E-state index is 0.283. The van der Waals surface area contributed by atoms with E-state index in [1.807, 2.05) is 42.5 Å². The van der Waals surface area contributed by atoms with Gasteiger partial charge in [-0.25, -0.2) is 4.98 Å². The van der Waals surface area contributed by atoms with Crippen molar-refractivity contribution in [3.05, 3.63) is 54.2 Å². The second kappa shape index (κ2) is 14.3. The molecule has 2 N–H and O–H groups in total. The highest BCUT2D eigenvalue weighted by molar-refractivity contribution is 5.79. The lowest BCUT2D eigenvalue weighted by atomic mass is 10.2. The van der Waals surface area contributed by atoms with Gasteiger partial charge in [-0.2, -0.15) is 0 Å². The Balaban J connectivity index is 1.24. The van der Waals surface area contributed by atoms with Crippen molar-refractivity contribution in [2.45, 2.75) is 31.9 Å². The predicted octanol–water partition coefficient (Wildman–Crippen LogP) is 2.79. The van der Waals surface area contributed by atoms with Gasteiger partial charge in [0.1, 0.15) is 19.0 Å². The zero-order valence-electron chi connectivity index (χ0n) is 18.8. The van der Waals surface area contributed by atoms with E-state index < -0.39 is 0 Å². The van der Waals surface area contributed by atoms with E-state index >= 15 is 0 Å². The number of guanidine groups is 1. The Bertz CT molecular complexity index is 780. The van der Waals surface area contributed by atoms with Gasteiger partial charge in [-0.15, -0.1) is 0 Å². The number of hydrogen-bond acceptors (Lipinski definition) is 6. The first-order valence-corrected chi connectivity index (χ1v) is 11.2. The van der Waals surface area contributed by atoms with Gasteiger partial charge in [0.05, 0.1) is 12.7 Å². The molecule has 174 valence electrons. The average molecular weight is 443 g/mol. The summed E-state index contributed by atoms with van der Waals surface area (Å²) in [5.74, 6) is 2.16. The molecule has 0 radical (unpaired) electrons. The highest BCUT2D eigenvalue weighted by Gasteiger charge is 2.14. The van der Waals surface area contributed by atoms with Crippen LogP contribution in [0.15, 0.2) is 53.7 Å². The van der Waals surface area contributed by atoms with Gasteiger partial charge in [-0.3, -0.25) is 4.99 Å². The van der Waals surface area contributed by atoms with E-state index in [0.717, 1.165) is 49.7 Å². The van der Waals surface area contributed by atoms with Crippen LogP contribution in [0.1, 0.15) is 24.8 Å². The molecule has 1 aromatic heterocycles. The highest BCUT2D eigenvalue weighted by Crippen LogP contribution is 2.12. The third-order valence-corrected chi connectivity index (χ3v) is 4.91. The number of benzene rings is 1. The summed E-state index contributed by atoms with van der Waals surface area (Å²) in [6.07, 6.45) is 5.25. The molecule has 8 nitrogen and oxygen atoms in total. The summed E-state index contributed by atoms with van der Waals surface area (Å²) in [6.45, 7) is 4.60. The van der Waals surface area contributed by atoms with Gasteiger partial charge in [0.15, 0.2) is 5.96 Å². The van der Waals surface area contributed by atoms with Crippen LogP contribution in [0.2, 0.25) is 0 Å². The van der Waals surface area contributed by atoms with Gasteiger partial charge in [-0.1, -0.05) is 24.3 Å². The van der Waals surface area contributed by atoms with Gasteiger partial charge < -0.3 is 29.6 Å². The zero-order valence-corrected chi connectivity index (χ0v) is 18.8. The van der Waals surface area contributed by atoms with E-state index in [1.165, 1.54) is 0 Å². The van der Waals surface area contributed by atoms with Crippen LogP contribution in [0.3, 0.4) is 0 Å². The van der Waals surface area contributed by atoms with Crippen LogP contribution in [-0.4, -0.2) is 63.7 Å². The Hall–Kier alpha value is -2.84. The van der Waals surface area contributed by atoms with Crippen molar-refractivity contribution >= 4 is 5.96 Å². The minimum absolute atomic E-state index is 0.283. The number of rotatable bonds is 13. The highest BCUT2D eigenvalue weighted by atomic mass is 16.5. The summed E-state index contributed by atoms with van der Waals surface area (Å²) in [7, 11) is 1.76. The smallest absolute Gasteiger partial charge is 0.213 e. The molecule has 1 atom stereocenters. The number of nitrogens with one attached hydrogen (secondary N) is 2. The molecule has 8 heteroatoms. The van der Waals surface area contributed by atoms with Gasteiger partial charge >= 0.3 is 0 Å². The second-order valence-corrected chi connectivity index (χ2v) is 7.43. The number of nitrogens with zero attached hydrogens (tertiary/aromatic N) is 2. The molecule has 1 fully saturated rings. The topological polar surface area (TPSA) is 86.2 Å². The van der Waals surface area contributed by atoms with Gasteiger partial charge in [0.25, 0.3) is 0 Å². The zero-order chi connectivity index (χ0) is 22.3. The fourth-order valence-corrected chi connectivity index (χ4v) is 3.20. The number of hydrogen-bond donors (Lipinski definition) is 2. The van der Waals surface area contributed by atoms with Crippen LogP contribution in [0.4, 0.5) is 0 Å². The molecule has 1 aromatic carbocycles. The van der Waals surface area contributed by atoms with Crippen LogP contribution in [0, 0.1) is 0 Å². The van der Waals surface area contributed by atoms with Crippen molar-refractivity contribution in [1.82, 2.24) is 15.6 Å². The van der Waals surface area contributed by atoms with Crippen molar-refractivity contribution in [2.75, 3.05) is 46.6 Å². The van der Waals surface area contributed by atoms with E-state index in [2.05, 4.69) is 20.6 Å². The van der Waals surface area contributed by atoms with Crippen molar-refractivity contribution < 1.29 is 18.9 Å². The molecule has 0 saturated carbocycles. The van der Waals surface area contributed by atoms with Crippen LogP contribution in [0.25, 0.3) is 0 Å². The first kappa shape index (κ1) is 23.8. The molecule has 1 unspecified atom stereocenters. The molecular weight excluding hydrogens is 408 g/mol. The average Bonchev–Trinajstić information content (AvgIpc) is 3.36. The van der Waals surface area contributed by atoms with Crippen molar-refractivity contribution in [3.63, 3.8) is 0 Å². The SMILES string of the molecule is CN=C(NCCCOCC1CCCO1)NCc1ccc(OCCOc2ccccc2)nc1. The summed E-state index contributed by atoms with van der Waals surface area (Å²) in [5, 5.41) is 6.58. The molecule has 2 heterocycles. The Labute approximate surface area is 190 Å². The largest absolute Gasteiger partial charge is 0.490 e. The van der Waals surface area contributed by atoms with Crippen LogP contribution in [-0.2, 0) is 16.0 Å². The van der Waals surface area contributed by atoms with Crippen molar-refractivity contribution in [3.8, 4) is 11.6 Å². The van der Waals surface area contributed by atoms with Crippen LogP contribution in [0.5, 0.6) is 11.6 Å². The second-order valence-electron chi connectivity index (χ2n) is 7.43. The number of ether oxygens (including phenoxy) is 4. The summed E-state index contributed by atoms with van der Waals surface area (Å²) in [4.78, 5) is 8.60. The number of aromatic nitrogens is 1. The standard InChI is InChI=1S/C24H34N4O4/c1-25-24(26-12-6-13-29-19-22-9-5-14-30-22)28-18-20-10-11-23(27-17-20)32-16-15-31-21-7-3-2-4-8-21/h2-4,7-8,10-11,17,22H,5-6,9,12-16,18-19H2,1H3,(H2,25,26,28). The Morgan fingerprint density at radius 1 is 1.09 bits per heavy atom. The van der Waals surface area contributed by atoms with Gasteiger partial charge in [0.2, 0.25) is 5.88 Å². The Morgan fingerprint density at radius 3 is 2.72 bits per heavy atom. The Morgan fingerprint density at radius 2 is 1.97 bits per heavy atom. The van der Waals surface area contributed by atoms with E-state index in [1.54, 1.807) is 13.2 Å². The molecular formula is C24H34N4O4. The van der Waals surface area contributed by atoms with Gasteiger partial charge in [-0.05, 0) is 37.0 Å². The number of pyridine rings is 1. The maximum absolute atomic E-state index is 5.68. The van der Waals surface area contributed by atoms with Crippen LogP contribution >= 0.6 is 0 Å². The molecule has 0 spiro atoms. The molecule has 3 rings (SSSR count). The molecule has 0 bridgehead atoms. The summed E-state index contributed by atoms with van der Waals surface area (Å²) >= 11 is 0. The first-order chi connectivity index (χ1) is 15.8. The van der Waals surface area contributed by atoms with E-state index in [-0.39, 0.29) is 6.10 Å². The quantitative estimate of drug-likeness (QED) is 0.280. The lowest BCUT2D eigenvalue weighted by Crippen LogP contribution is -2.37. The molecule has 1 aliphatic heterocycles. The monoisotopic (exact) mass is 442 g/mol. The molecule has 2 aromatic rings. The van der Waals surface area contributed by atoms with Gasteiger partial charge in [0, 0.05) is 45.6 Å². The van der Waals surface area contributed by atoms with Crippen LogP contribution < -0.4 is 20.1 Å². The lowest BCUT2D eigenvalue weighted by molar-refractivity contribution is 0.0168. The lowest BCUT2D eigenvalue weighted by Gasteiger charge is -2.13. The maximum atomic E-state index is 5.68. The fraction of sp³-hybridized carbons (Fsp3) is 0.500. The van der Waals surface area contributed by atoms with E-state index in [9.17, 15) is 0 Å². The molecule has 0 amide bonds. The molecule has 32 heavy (non-hydrogen) atoms. The maximum Gasteiger partial charge on any atom is 0.213 e. The van der Waals surface area contributed by atoms with E-state index in [0.29, 0.717) is 38.9 Å². The summed E-state index contributed by atoms with van der Waals surface area (Å²) < 4.78 is 22.5. The number of aliphatic imine (C=N–C) groups is 1. The first-order valence-electron chi connectivity index (χ1n) is 11.2. The number of para-hydroxylation sites is 1. The normalized spacial score (nSPS) is 16.0. The van der Waals surface area contributed by atoms with E-state index in [4.69, 9.17) is 18.9 Å². The summed E-state index contributed by atoms with van der Waals surface area (Å²) in [6, 6.07) is 13.5. The molecule has 0 aliphatic carbocycles. The van der Waals surface area contributed by atoms with Crippen molar-refractivity contribution in [1.29, 1.82) is 0 Å². The third kappa shape index (κ3) is 9.11. The summed E-state index contributed by atoms with van der Waals surface area (Å²) in [5.41, 5.74) is 1.04. The minimum Gasteiger partial charge on any atom is -0.490 e. The fourth-order valence-electron chi connectivity index (χ4n) is 3.20. The van der Waals surface area contributed by atoms with Crippen molar-refractivity contribution in [2.24, 2.45) is 4.99 Å².